The molecule has 4 heteroatoms. The molecule has 0 spiro atoms. The molecule has 0 saturated heterocycles. The molecule has 1 aliphatic rings. The average molecular weight is 271 g/mol. The van der Waals surface area contributed by atoms with Crippen LogP contribution < -0.4 is 5.32 Å². The molecular weight excluding hydrogens is 242 g/mol. The standard InChI is InChI=1S/C15H29NO3/c1-10-12(16-13(18)19-14(2,3)4)8-7-11(9-17)15(10,5)6/h10-12,17H,7-9H2,1-6H3,(H,16,18). The van der Waals surface area contributed by atoms with Crippen LogP contribution in [0.2, 0.25) is 0 Å². The predicted molar refractivity (Wildman–Crippen MR) is 75.9 cm³/mol. The molecule has 0 radical (unpaired) electrons. The number of carbonyl (C=O) groups is 1. The summed E-state index contributed by atoms with van der Waals surface area (Å²) < 4.78 is 5.31. The minimum Gasteiger partial charge on any atom is -0.444 e. The zero-order valence-corrected chi connectivity index (χ0v) is 13.1. The fraction of sp³-hybridized carbons (Fsp3) is 0.933. The highest BCUT2D eigenvalue weighted by Crippen LogP contribution is 2.44. The van der Waals surface area contributed by atoms with Crippen molar-refractivity contribution in [3.63, 3.8) is 0 Å². The lowest BCUT2D eigenvalue weighted by Gasteiger charge is -2.47. The fourth-order valence-corrected chi connectivity index (χ4v) is 2.88. The van der Waals surface area contributed by atoms with Gasteiger partial charge in [-0.05, 0) is 50.9 Å². The molecule has 0 aromatic carbocycles. The topological polar surface area (TPSA) is 58.6 Å². The van der Waals surface area contributed by atoms with Gasteiger partial charge in [-0.1, -0.05) is 20.8 Å². The second-order valence-electron chi connectivity index (χ2n) is 7.32. The Morgan fingerprint density at radius 2 is 1.95 bits per heavy atom. The first-order valence-corrected chi connectivity index (χ1v) is 7.18. The zero-order valence-electron chi connectivity index (χ0n) is 13.1. The summed E-state index contributed by atoms with van der Waals surface area (Å²) in [4.78, 5) is 11.9. The van der Waals surface area contributed by atoms with Gasteiger partial charge in [0.15, 0.2) is 0 Å². The fourth-order valence-electron chi connectivity index (χ4n) is 2.88. The molecule has 4 nitrogen and oxygen atoms in total. The van der Waals surface area contributed by atoms with Gasteiger partial charge in [-0.2, -0.15) is 0 Å². The quantitative estimate of drug-likeness (QED) is 0.812. The third kappa shape index (κ3) is 4.10. The van der Waals surface area contributed by atoms with Gasteiger partial charge in [-0.3, -0.25) is 0 Å². The van der Waals surface area contributed by atoms with Crippen molar-refractivity contribution in [1.82, 2.24) is 5.32 Å². The lowest BCUT2D eigenvalue weighted by atomic mass is 9.61. The van der Waals surface area contributed by atoms with Crippen molar-refractivity contribution in [2.24, 2.45) is 17.3 Å². The van der Waals surface area contributed by atoms with Crippen molar-refractivity contribution in [1.29, 1.82) is 0 Å². The number of alkyl carbamates (subject to hydrolysis) is 1. The molecule has 3 atom stereocenters. The lowest BCUT2D eigenvalue weighted by Crippen LogP contribution is -2.52. The first-order valence-electron chi connectivity index (χ1n) is 7.18. The van der Waals surface area contributed by atoms with Gasteiger partial charge in [-0.25, -0.2) is 4.79 Å². The van der Waals surface area contributed by atoms with Crippen LogP contribution in [0.3, 0.4) is 0 Å². The van der Waals surface area contributed by atoms with E-state index in [9.17, 15) is 9.90 Å². The van der Waals surface area contributed by atoms with Gasteiger partial charge in [0, 0.05) is 12.6 Å². The van der Waals surface area contributed by atoms with Crippen molar-refractivity contribution >= 4 is 6.09 Å². The monoisotopic (exact) mass is 271 g/mol. The smallest absolute Gasteiger partial charge is 0.407 e. The predicted octanol–water partition coefficient (Wildman–Crippen LogP) is 2.94. The van der Waals surface area contributed by atoms with Crippen LogP contribution in [0.25, 0.3) is 0 Å². The van der Waals surface area contributed by atoms with Gasteiger partial charge in [0.25, 0.3) is 0 Å². The number of ether oxygens (including phenoxy) is 1. The number of hydrogen-bond donors (Lipinski definition) is 2. The molecule has 0 aromatic rings. The zero-order chi connectivity index (χ0) is 14.8. The summed E-state index contributed by atoms with van der Waals surface area (Å²) in [5.74, 6) is 0.616. The van der Waals surface area contributed by atoms with Gasteiger partial charge in [0.1, 0.15) is 5.60 Å². The van der Waals surface area contributed by atoms with Gasteiger partial charge in [0.05, 0.1) is 0 Å². The second-order valence-corrected chi connectivity index (χ2v) is 7.32. The molecule has 1 aliphatic carbocycles. The van der Waals surface area contributed by atoms with E-state index in [4.69, 9.17) is 4.74 Å². The summed E-state index contributed by atoms with van der Waals surface area (Å²) in [7, 11) is 0. The number of amides is 1. The first kappa shape index (κ1) is 16.3. The van der Waals surface area contributed by atoms with Crippen molar-refractivity contribution in [3.05, 3.63) is 0 Å². The van der Waals surface area contributed by atoms with Crippen LogP contribution in [0.4, 0.5) is 4.79 Å². The molecule has 2 N–H and O–H groups in total. The maximum Gasteiger partial charge on any atom is 0.407 e. The number of carbonyl (C=O) groups excluding carboxylic acids is 1. The van der Waals surface area contributed by atoms with Crippen LogP contribution in [-0.4, -0.2) is 29.4 Å². The van der Waals surface area contributed by atoms with E-state index in [1.807, 2.05) is 20.8 Å². The molecule has 1 saturated carbocycles. The minimum absolute atomic E-state index is 0.0205. The molecule has 112 valence electrons. The normalized spacial score (nSPS) is 30.8. The molecule has 19 heavy (non-hydrogen) atoms. The average Bonchev–Trinajstić information content (AvgIpc) is 2.22. The van der Waals surface area contributed by atoms with Crippen molar-refractivity contribution < 1.29 is 14.6 Å². The Hall–Kier alpha value is -0.770. The summed E-state index contributed by atoms with van der Waals surface area (Å²) in [6, 6.07) is 0.118. The molecule has 0 aliphatic heterocycles. The Bertz CT molecular complexity index is 320. The van der Waals surface area contributed by atoms with Crippen LogP contribution in [-0.2, 0) is 4.74 Å². The van der Waals surface area contributed by atoms with E-state index in [2.05, 4.69) is 26.1 Å². The van der Waals surface area contributed by atoms with Gasteiger partial charge in [0.2, 0.25) is 0 Å². The number of aliphatic hydroxyl groups excluding tert-OH is 1. The molecule has 0 bridgehead atoms. The van der Waals surface area contributed by atoms with E-state index in [1.165, 1.54) is 0 Å². The summed E-state index contributed by atoms with van der Waals surface area (Å²) in [6.45, 7) is 12.3. The van der Waals surface area contributed by atoms with Crippen molar-refractivity contribution in [2.45, 2.75) is 66.0 Å². The summed E-state index contributed by atoms with van der Waals surface area (Å²) in [5, 5.41) is 12.4. The Balaban J connectivity index is 2.64. The van der Waals surface area contributed by atoms with E-state index in [-0.39, 0.29) is 24.2 Å². The number of rotatable bonds is 2. The molecule has 0 heterocycles. The van der Waals surface area contributed by atoms with E-state index >= 15 is 0 Å². The molecule has 0 aromatic heterocycles. The Labute approximate surface area is 116 Å². The number of nitrogens with one attached hydrogen (secondary N) is 1. The summed E-state index contributed by atoms with van der Waals surface area (Å²) in [5.41, 5.74) is -0.447. The van der Waals surface area contributed by atoms with Crippen LogP contribution in [0.1, 0.15) is 54.4 Å². The van der Waals surface area contributed by atoms with E-state index < -0.39 is 5.60 Å². The van der Waals surface area contributed by atoms with Crippen molar-refractivity contribution in [3.8, 4) is 0 Å². The first-order chi connectivity index (χ1) is 8.58. The molecule has 1 fully saturated rings. The highest BCUT2D eigenvalue weighted by atomic mass is 16.6. The molecular formula is C15H29NO3. The molecule has 3 unspecified atom stereocenters. The Morgan fingerprint density at radius 1 is 1.37 bits per heavy atom. The minimum atomic E-state index is -0.467. The van der Waals surface area contributed by atoms with Crippen LogP contribution >= 0.6 is 0 Å². The Morgan fingerprint density at radius 3 is 2.42 bits per heavy atom. The maximum atomic E-state index is 11.9. The van der Waals surface area contributed by atoms with Gasteiger partial charge in [-0.15, -0.1) is 0 Å². The molecule has 1 rings (SSSR count). The molecule has 1 amide bonds. The van der Waals surface area contributed by atoms with Crippen molar-refractivity contribution in [2.75, 3.05) is 6.61 Å². The highest BCUT2D eigenvalue weighted by Gasteiger charge is 2.43. The van der Waals surface area contributed by atoms with Gasteiger partial charge >= 0.3 is 6.09 Å². The number of aliphatic hydroxyl groups is 1. The number of hydrogen-bond acceptors (Lipinski definition) is 3. The second kappa shape index (κ2) is 5.70. The SMILES string of the molecule is CC1C(NC(=O)OC(C)(C)C)CCC(CO)C1(C)C. The highest BCUT2D eigenvalue weighted by molar-refractivity contribution is 5.68. The summed E-state index contributed by atoms with van der Waals surface area (Å²) >= 11 is 0. The maximum absolute atomic E-state index is 11.9. The lowest BCUT2D eigenvalue weighted by molar-refractivity contribution is 0.000495. The Kier molecular flexibility index (Phi) is 4.88. The van der Waals surface area contributed by atoms with Gasteiger partial charge < -0.3 is 15.2 Å². The van der Waals surface area contributed by atoms with E-state index in [1.54, 1.807) is 0 Å². The van der Waals surface area contributed by atoms with Crippen LogP contribution in [0, 0.1) is 17.3 Å². The van der Waals surface area contributed by atoms with Crippen LogP contribution in [0.15, 0.2) is 0 Å². The van der Waals surface area contributed by atoms with E-state index in [0.29, 0.717) is 11.8 Å². The van der Waals surface area contributed by atoms with Crippen LogP contribution in [0.5, 0.6) is 0 Å². The van der Waals surface area contributed by atoms with E-state index in [0.717, 1.165) is 12.8 Å². The third-order valence-corrected chi connectivity index (χ3v) is 4.58. The summed E-state index contributed by atoms with van der Waals surface area (Å²) in [6.07, 6.45) is 1.49. The largest absolute Gasteiger partial charge is 0.444 e. The third-order valence-electron chi connectivity index (χ3n) is 4.58.